The molecule has 114 valence electrons. The standard InChI is InChI=1S/C17H24N2OS/c1-5-18-11-13-9-15(17(2,3)4)19-16(10-13)20-12-14-7-6-8-21-14/h6-10,18H,5,11-12H2,1-4H3. The van der Waals surface area contributed by atoms with E-state index >= 15 is 0 Å². The summed E-state index contributed by atoms with van der Waals surface area (Å²) in [7, 11) is 0. The summed E-state index contributed by atoms with van der Waals surface area (Å²) >= 11 is 1.70. The molecule has 0 aliphatic carbocycles. The fourth-order valence-electron chi connectivity index (χ4n) is 1.93. The van der Waals surface area contributed by atoms with Gasteiger partial charge in [-0.25, -0.2) is 4.98 Å². The monoisotopic (exact) mass is 304 g/mol. The minimum atomic E-state index is 0.0171. The minimum absolute atomic E-state index is 0.0171. The van der Waals surface area contributed by atoms with Gasteiger partial charge in [0.25, 0.3) is 0 Å². The van der Waals surface area contributed by atoms with E-state index in [9.17, 15) is 0 Å². The zero-order valence-corrected chi connectivity index (χ0v) is 14.1. The number of aromatic nitrogens is 1. The largest absolute Gasteiger partial charge is 0.472 e. The Labute approximate surface area is 131 Å². The van der Waals surface area contributed by atoms with Crippen LogP contribution in [0.2, 0.25) is 0 Å². The van der Waals surface area contributed by atoms with Crippen molar-refractivity contribution in [3.63, 3.8) is 0 Å². The lowest BCUT2D eigenvalue weighted by molar-refractivity contribution is 0.294. The van der Waals surface area contributed by atoms with Crippen LogP contribution in [0, 0.1) is 0 Å². The topological polar surface area (TPSA) is 34.1 Å². The Morgan fingerprint density at radius 3 is 2.71 bits per heavy atom. The third-order valence-electron chi connectivity index (χ3n) is 3.15. The van der Waals surface area contributed by atoms with Crippen LogP contribution in [0.3, 0.4) is 0 Å². The predicted molar refractivity (Wildman–Crippen MR) is 89.0 cm³/mol. The van der Waals surface area contributed by atoms with E-state index in [4.69, 9.17) is 4.74 Å². The first kappa shape index (κ1) is 16.0. The summed E-state index contributed by atoms with van der Waals surface area (Å²) in [6.45, 7) is 11.0. The zero-order chi connectivity index (χ0) is 15.3. The van der Waals surface area contributed by atoms with Gasteiger partial charge in [-0.05, 0) is 29.6 Å². The van der Waals surface area contributed by atoms with Crippen LogP contribution < -0.4 is 10.1 Å². The highest BCUT2D eigenvalue weighted by Gasteiger charge is 2.17. The van der Waals surface area contributed by atoms with E-state index in [-0.39, 0.29) is 5.41 Å². The van der Waals surface area contributed by atoms with Gasteiger partial charge in [0.2, 0.25) is 5.88 Å². The number of rotatable bonds is 6. The smallest absolute Gasteiger partial charge is 0.214 e. The van der Waals surface area contributed by atoms with Gasteiger partial charge in [-0.3, -0.25) is 0 Å². The highest BCUT2D eigenvalue weighted by Crippen LogP contribution is 2.25. The van der Waals surface area contributed by atoms with Crippen molar-refractivity contribution in [2.75, 3.05) is 6.54 Å². The van der Waals surface area contributed by atoms with Crippen LogP contribution in [0.5, 0.6) is 5.88 Å². The molecule has 2 rings (SSSR count). The molecule has 0 amide bonds. The molecule has 0 aliphatic rings. The van der Waals surface area contributed by atoms with E-state index in [1.165, 1.54) is 10.4 Å². The number of pyridine rings is 1. The molecular formula is C17H24N2OS. The summed E-state index contributed by atoms with van der Waals surface area (Å²) in [5, 5.41) is 5.42. The van der Waals surface area contributed by atoms with Crippen molar-refractivity contribution >= 4 is 11.3 Å². The van der Waals surface area contributed by atoms with Gasteiger partial charge in [0, 0.05) is 22.9 Å². The van der Waals surface area contributed by atoms with E-state index in [0.29, 0.717) is 12.5 Å². The molecule has 2 aromatic heterocycles. The maximum absolute atomic E-state index is 5.88. The summed E-state index contributed by atoms with van der Waals surface area (Å²) in [5.41, 5.74) is 2.31. The first-order valence-electron chi connectivity index (χ1n) is 7.36. The molecule has 0 aliphatic heterocycles. The molecule has 2 heterocycles. The van der Waals surface area contributed by atoms with E-state index in [0.717, 1.165) is 18.8 Å². The molecule has 1 N–H and O–H groups in total. The average molecular weight is 304 g/mol. The molecule has 0 radical (unpaired) electrons. The van der Waals surface area contributed by atoms with Crippen LogP contribution in [0.1, 0.15) is 43.8 Å². The van der Waals surface area contributed by atoms with Crippen LogP contribution in [0.25, 0.3) is 0 Å². The van der Waals surface area contributed by atoms with Gasteiger partial charge < -0.3 is 10.1 Å². The van der Waals surface area contributed by atoms with E-state index < -0.39 is 0 Å². The van der Waals surface area contributed by atoms with Gasteiger partial charge in [-0.15, -0.1) is 11.3 Å². The Hall–Kier alpha value is -1.39. The lowest BCUT2D eigenvalue weighted by Crippen LogP contribution is -2.17. The Kier molecular flexibility index (Phi) is 5.37. The van der Waals surface area contributed by atoms with Gasteiger partial charge >= 0.3 is 0 Å². The lowest BCUT2D eigenvalue weighted by atomic mass is 9.91. The van der Waals surface area contributed by atoms with Crippen molar-refractivity contribution in [3.8, 4) is 5.88 Å². The Balaban J connectivity index is 2.17. The lowest BCUT2D eigenvalue weighted by Gasteiger charge is -2.20. The molecule has 0 saturated carbocycles. The highest BCUT2D eigenvalue weighted by molar-refractivity contribution is 7.09. The molecular weight excluding hydrogens is 280 g/mol. The predicted octanol–water partition coefficient (Wildman–Crippen LogP) is 4.13. The fraction of sp³-hybridized carbons (Fsp3) is 0.471. The summed E-state index contributed by atoms with van der Waals surface area (Å²) in [6.07, 6.45) is 0. The Morgan fingerprint density at radius 2 is 2.10 bits per heavy atom. The molecule has 4 heteroatoms. The van der Waals surface area contributed by atoms with Crippen LogP contribution >= 0.6 is 11.3 Å². The zero-order valence-electron chi connectivity index (χ0n) is 13.3. The average Bonchev–Trinajstić information content (AvgIpc) is 2.95. The van der Waals surface area contributed by atoms with Crippen molar-refractivity contribution in [3.05, 3.63) is 45.8 Å². The van der Waals surface area contributed by atoms with Gasteiger partial charge in [-0.2, -0.15) is 0 Å². The molecule has 0 fully saturated rings. The molecule has 0 atom stereocenters. The second kappa shape index (κ2) is 7.05. The quantitative estimate of drug-likeness (QED) is 0.871. The van der Waals surface area contributed by atoms with Gasteiger partial charge in [-0.1, -0.05) is 33.8 Å². The normalized spacial score (nSPS) is 11.6. The van der Waals surface area contributed by atoms with Crippen molar-refractivity contribution < 1.29 is 4.74 Å². The number of nitrogens with one attached hydrogen (secondary N) is 1. The number of nitrogens with zero attached hydrogens (tertiary/aromatic N) is 1. The van der Waals surface area contributed by atoms with Crippen molar-refractivity contribution in [2.45, 2.75) is 46.3 Å². The molecule has 0 bridgehead atoms. The van der Waals surface area contributed by atoms with Gasteiger partial charge in [0.15, 0.2) is 0 Å². The number of ether oxygens (including phenoxy) is 1. The fourth-order valence-corrected chi connectivity index (χ4v) is 2.54. The highest BCUT2D eigenvalue weighted by atomic mass is 32.1. The number of hydrogen-bond donors (Lipinski definition) is 1. The summed E-state index contributed by atoms with van der Waals surface area (Å²) in [4.78, 5) is 5.88. The number of hydrogen-bond acceptors (Lipinski definition) is 4. The SMILES string of the molecule is CCNCc1cc(OCc2cccs2)nc(C(C)(C)C)c1. The van der Waals surface area contributed by atoms with Crippen LogP contribution in [-0.4, -0.2) is 11.5 Å². The molecule has 2 aromatic rings. The third kappa shape index (κ3) is 4.83. The second-order valence-corrected chi connectivity index (χ2v) is 7.13. The van der Waals surface area contributed by atoms with Crippen LogP contribution in [0.4, 0.5) is 0 Å². The van der Waals surface area contributed by atoms with Crippen LogP contribution in [0.15, 0.2) is 29.6 Å². The molecule has 3 nitrogen and oxygen atoms in total. The summed E-state index contributed by atoms with van der Waals surface area (Å²) in [6, 6.07) is 8.32. The molecule has 0 saturated heterocycles. The number of thiophene rings is 1. The first-order chi connectivity index (χ1) is 9.99. The maximum Gasteiger partial charge on any atom is 0.214 e. The van der Waals surface area contributed by atoms with Crippen molar-refractivity contribution in [2.24, 2.45) is 0 Å². The first-order valence-corrected chi connectivity index (χ1v) is 8.24. The summed E-state index contributed by atoms with van der Waals surface area (Å²) < 4.78 is 5.88. The maximum atomic E-state index is 5.88. The van der Waals surface area contributed by atoms with Gasteiger partial charge in [0.1, 0.15) is 6.61 Å². The minimum Gasteiger partial charge on any atom is -0.472 e. The molecule has 0 aromatic carbocycles. The van der Waals surface area contributed by atoms with E-state index in [1.807, 2.05) is 12.1 Å². The Bertz CT molecular complexity index is 559. The van der Waals surface area contributed by atoms with Crippen molar-refractivity contribution in [1.82, 2.24) is 10.3 Å². The Morgan fingerprint density at radius 1 is 1.29 bits per heavy atom. The summed E-state index contributed by atoms with van der Waals surface area (Å²) in [5.74, 6) is 0.712. The molecule has 0 unspecified atom stereocenters. The van der Waals surface area contributed by atoms with E-state index in [2.05, 4.69) is 55.5 Å². The molecule has 21 heavy (non-hydrogen) atoms. The van der Waals surface area contributed by atoms with Crippen LogP contribution in [-0.2, 0) is 18.6 Å². The van der Waals surface area contributed by atoms with Crippen molar-refractivity contribution in [1.29, 1.82) is 0 Å². The second-order valence-electron chi connectivity index (χ2n) is 6.10. The molecule has 0 spiro atoms. The van der Waals surface area contributed by atoms with Gasteiger partial charge in [0.05, 0.1) is 5.69 Å². The third-order valence-corrected chi connectivity index (χ3v) is 4.00. The van der Waals surface area contributed by atoms with E-state index in [1.54, 1.807) is 11.3 Å².